The number of nitrogens with one attached hydrogen (secondary N) is 1. The topological polar surface area (TPSA) is 101 Å². The third-order valence-corrected chi connectivity index (χ3v) is 12.8. The van der Waals surface area contributed by atoms with Gasteiger partial charge in [-0.1, -0.05) is 32.0 Å². The molecule has 3 aromatic rings. The first-order valence-corrected chi connectivity index (χ1v) is 17.6. The zero-order chi connectivity index (χ0) is 30.2. The Balaban J connectivity index is 1.77. The van der Waals surface area contributed by atoms with Gasteiger partial charge in [0.25, 0.3) is 0 Å². The average Bonchev–Trinajstić information content (AvgIpc) is 3.40. The van der Waals surface area contributed by atoms with Gasteiger partial charge < -0.3 is 28.3 Å². The maximum Gasteiger partial charge on any atom is 0.408 e. The quantitative estimate of drug-likeness (QED) is 0.272. The molecular weight excluding hydrogens is 536 g/mol. The van der Waals surface area contributed by atoms with Gasteiger partial charge >= 0.3 is 6.09 Å². The highest BCUT2D eigenvalue weighted by Gasteiger charge is 2.37. The highest BCUT2D eigenvalue weighted by Crippen LogP contribution is 2.38. The summed E-state index contributed by atoms with van der Waals surface area (Å²) in [4.78, 5) is 18.3. The number of hydrogen-bond acceptors (Lipinski definition) is 7. The van der Waals surface area contributed by atoms with Crippen LogP contribution in [-0.2, 0) is 13.9 Å². The molecule has 3 heterocycles. The Hall–Kier alpha value is -2.69. The molecule has 1 aromatic carbocycles. The number of benzene rings is 1. The molecule has 1 aliphatic rings. The zero-order valence-electron chi connectivity index (χ0n) is 26.5. The number of aryl methyl sites for hydroxylation is 2. The minimum atomic E-state index is -1.98. The van der Waals surface area contributed by atoms with Crippen molar-refractivity contribution in [2.24, 2.45) is 0 Å². The Morgan fingerprint density at radius 3 is 2.41 bits per heavy atom. The molecule has 1 saturated heterocycles. The summed E-state index contributed by atoms with van der Waals surface area (Å²) in [5.41, 5.74) is 4.12. The molecule has 41 heavy (non-hydrogen) atoms. The fourth-order valence-corrected chi connectivity index (χ4v) is 6.17. The van der Waals surface area contributed by atoms with E-state index in [4.69, 9.17) is 23.4 Å². The van der Waals surface area contributed by atoms with E-state index in [9.17, 15) is 4.79 Å². The monoisotopic (exact) mass is 584 g/mol. The Kier molecular flexibility index (Phi) is 9.06. The van der Waals surface area contributed by atoms with Crippen LogP contribution in [0.5, 0.6) is 0 Å². The Labute approximate surface area is 245 Å². The van der Waals surface area contributed by atoms with Crippen molar-refractivity contribution in [3.8, 4) is 11.1 Å². The zero-order valence-corrected chi connectivity index (χ0v) is 27.5. The smallest absolute Gasteiger partial charge is 0.408 e. The first kappa shape index (κ1) is 31.2. The molecule has 2 aromatic heterocycles. The molecule has 1 amide bonds. The SMILES string of the molecule is Cc1noc(C)c1-c1ccc2c(c1)nc(C(CCO[Si](C)(C)C(C)(C)C)NC(=O)OC(C)(C)C)n2C1CCOCC1. The van der Waals surface area contributed by atoms with Crippen molar-refractivity contribution >= 4 is 25.4 Å². The van der Waals surface area contributed by atoms with Gasteiger partial charge in [0.2, 0.25) is 0 Å². The van der Waals surface area contributed by atoms with Crippen molar-refractivity contribution in [2.75, 3.05) is 19.8 Å². The summed E-state index contributed by atoms with van der Waals surface area (Å²) in [5.74, 6) is 1.59. The predicted molar refractivity (Wildman–Crippen MR) is 164 cm³/mol. The molecule has 1 atom stereocenters. The number of fused-ring (bicyclic) bond motifs is 1. The number of amides is 1. The summed E-state index contributed by atoms with van der Waals surface area (Å²) in [6.45, 7) is 22.6. The number of carbonyl (C=O) groups is 1. The number of carbonyl (C=O) groups excluding carboxylic acids is 1. The van der Waals surface area contributed by atoms with Gasteiger partial charge in [-0.05, 0) is 89.7 Å². The van der Waals surface area contributed by atoms with Crippen LogP contribution in [0.2, 0.25) is 18.1 Å². The van der Waals surface area contributed by atoms with Gasteiger partial charge in [0.05, 0.1) is 22.8 Å². The second-order valence-corrected chi connectivity index (χ2v) is 18.5. The molecule has 0 saturated carbocycles. The van der Waals surface area contributed by atoms with Crippen LogP contribution in [0.25, 0.3) is 22.2 Å². The molecule has 0 bridgehead atoms. The number of alkyl carbamates (subject to hydrolysis) is 1. The molecule has 4 rings (SSSR count). The Morgan fingerprint density at radius 2 is 1.83 bits per heavy atom. The van der Waals surface area contributed by atoms with Crippen LogP contribution in [0.3, 0.4) is 0 Å². The number of nitrogens with zero attached hydrogens (tertiary/aromatic N) is 3. The van der Waals surface area contributed by atoms with Crippen molar-refractivity contribution in [3.05, 3.63) is 35.5 Å². The van der Waals surface area contributed by atoms with E-state index in [2.05, 4.69) is 67.1 Å². The van der Waals surface area contributed by atoms with Gasteiger partial charge in [0, 0.05) is 31.4 Å². The second-order valence-electron chi connectivity index (χ2n) is 13.7. The van der Waals surface area contributed by atoms with Gasteiger partial charge in [0.15, 0.2) is 8.32 Å². The molecule has 0 radical (unpaired) electrons. The number of imidazole rings is 1. The molecule has 0 spiro atoms. The fraction of sp³-hybridized carbons (Fsp3) is 0.645. The van der Waals surface area contributed by atoms with E-state index in [1.54, 1.807) is 0 Å². The first-order chi connectivity index (χ1) is 19.1. The van der Waals surface area contributed by atoms with Gasteiger partial charge in [-0.25, -0.2) is 9.78 Å². The summed E-state index contributed by atoms with van der Waals surface area (Å²) < 4.78 is 25.7. The van der Waals surface area contributed by atoms with Crippen LogP contribution in [-0.4, -0.2) is 54.5 Å². The second kappa shape index (κ2) is 11.9. The molecule has 1 fully saturated rings. The summed E-state index contributed by atoms with van der Waals surface area (Å²) in [7, 11) is -1.98. The van der Waals surface area contributed by atoms with Crippen LogP contribution in [0.4, 0.5) is 4.79 Å². The largest absolute Gasteiger partial charge is 0.444 e. The highest BCUT2D eigenvalue weighted by atomic mass is 28.4. The van der Waals surface area contributed by atoms with E-state index in [0.717, 1.165) is 52.3 Å². The summed E-state index contributed by atoms with van der Waals surface area (Å²) in [5, 5.41) is 7.38. The normalized spacial score (nSPS) is 16.2. The number of ether oxygens (including phenoxy) is 2. The van der Waals surface area contributed by atoms with E-state index >= 15 is 0 Å². The Bertz CT molecular complexity index is 1340. The number of hydrogen-bond donors (Lipinski definition) is 1. The molecule has 1 N–H and O–H groups in total. The van der Waals surface area contributed by atoms with Crippen LogP contribution < -0.4 is 5.32 Å². The summed E-state index contributed by atoms with van der Waals surface area (Å²) in [6, 6.07) is 6.13. The van der Waals surface area contributed by atoms with E-state index < -0.39 is 26.1 Å². The lowest BCUT2D eigenvalue weighted by atomic mass is 10.0. The molecule has 0 aliphatic carbocycles. The molecular formula is C31H48N4O5Si. The van der Waals surface area contributed by atoms with Gasteiger partial charge in [0.1, 0.15) is 17.2 Å². The minimum absolute atomic E-state index is 0.0882. The van der Waals surface area contributed by atoms with Gasteiger partial charge in [-0.2, -0.15) is 0 Å². The third-order valence-electron chi connectivity index (χ3n) is 8.27. The Morgan fingerprint density at radius 1 is 1.15 bits per heavy atom. The lowest BCUT2D eigenvalue weighted by Crippen LogP contribution is -2.42. The third kappa shape index (κ3) is 7.21. The first-order valence-electron chi connectivity index (χ1n) is 14.7. The minimum Gasteiger partial charge on any atom is -0.444 e. The number of aromatic nitrogens is 3. The molecule has 10 heteroatoms. The summed E-state index contributed by atoms with van der Waals surface area (Å²) >= 11 is 0. The fourth-order valence-electron chi connectivity index (χ4n) is 5.10. The highest BCUT2D eigenvalue weighted by molar-refractivity contribution is 6.74. The van der Waals surface area contributed by atoms with Crippen molar-refractivity contribution < 1.29 is 23.2 Å². The van der Waals surface area contributed by atoms with E-state index in [1.165, 1.54) is 0 Å². The molecule has 226 valence electrons. The van der Waals surface area contributed by atoms with E-state index in [-0.39, 0.29) is 11.1 Å². The van der Waals surface area contributed by atoms with Crippen molar-refractivity contribution in [3.63, 3.8) is 0 Å². The van der Waals surface area contributed by atoms with Crippen molar-refractivity contribution in [2.45, 2.75) is 110 Å². The average molecular weight is 585 g/mol. The predicted octanol–water partition coefficient (Wildman–Crippen LogP) is 7.64. The van der Waals surface area contributed by atoms with Crippen molar-refractivity contribution in [1.82, 2.24) is 20.0 Å². The van der Waals surface area contributed by atoms with E-state index in [0.29, 0.717) is 26.2 Å². The van der Waals surface area contributed by atoms with Crippen molar-refractivity contribution in [1.29, 1.82) is 0 Å². The van der Waals surface area contributed by atoms with Crippen LogP contribution in [0, 0.1) is 13.8 Å². The van der Waals surface area contributed by atoms with Crippen LogP contribution >= 0.6 is 0 Å². The molecule has 1 unspecified atom stereocenters. The summed E-state index contributed by atoms with van der Waals surface area (Å²) in [6.07, 6.45) is 1.87. The van der Waals surface area contributed by atoms with Crippen LogP contribution in [0.15, 0.2) is 22.7 Å². The van der Waals surface area contributed by atoms with Gasteiger partial charge in [-0.15, -0.1) is 0 Å². The maximum absolute atomic E-state index is 13.1. The number of rotatable bonds is 8. The van der Waals surface area contributed by atoms with Crippen LogP contribution in [0.1, 0.15) is 90.2 Å². The molecule has 1 aliphatic heterocycles. The molecule has 9 nitrogen and oxygen atoms in total. The standard InChI is InChI=1S/C31H48N4O5Si/c1-20-27(21(2)40-34-20)22-11-12-26-25(19-22)32-28(35(26)23-13-16-37-17-14-23)24(33-29(36)39-30(3,4)5)15-18-38-41(9,10)31(6,7)8/h11-12,19,23-24H,13-18H2,1-10H3,(H,33,36). The lowest BCUT2D eigenvalue weighted by Gasteiger charge is -2.36. The lowest BCUT2D eigenvalue weighted by molar-refractivity contribution is 0.0485. The maximum atomic E-state index is 13.1. The van der Waals surface area contributed by atoms with Gasteiger partial charge in [-0.3, -0.25) is 0 Å². The van der Waals surface area contributed by atoms with E-state index in [1.807, 2.05) is 34.6 Å².